The number of rotatable bonds is 6. The summed E-state index contributed by atoms with van der Waals surface area (Å²) < 4.78 is 5.40. The first-order valence-electron chi connectivity index (χ1n) is 5.84. The van der Waals surface area contributed by atoms with Gasteiger partial charge in [-0.1, -0.05) is 6.92 Å². The lowest BCUT2D eigenvalue weighted by Gasteiger charge is -2.43. The molecule has 0 amide bonds. The molecule has 0 saturated heterocycles. The van der Waals surface area contributed by atoms with Crippen molar-refractivity contribution in [1.29, 1.82) is 0 Å². The summed E-state index contributed by atoms with van der Waals surface area (Å²) in [4.78, 5) is 0. The van der Waals surface area contributed by atoms with Gasteiger partial charge in [0.2, 0.25) is 0 Å². The van der Waals surface area contributed by atoms with Crippen LogP contribution in [0.5, 0.6) is 0 Å². The van der Waals surface area contributed by atoms with Crippen LogP contribution in [0.25, 0.3) is 0 Å². The zero-order valence-corrected chi connectivity index (χ0v) is 10.2. The van der Waals surface area contributed by atoms with Gasteiger partial charge in [0.15, 0.2) is 0 Å². The highest BCUT2D eigenvalue weighted by molar-refractivity contribution is 4.94. The lowest BCUT2D eigenvalue weighted by molar-refractivity contribution is 0.0123. The first kappa shape index (κ1) is 12.0. The third-order valence-corrected chi connectivity index (χ3v) is 3.77. The van der Waals surface area contributed by atoms with Crippen molar-refractivity contribution in [3.63, 3.8) is 0 Å². The van der Waals surface area contributed by atoms with Crippen LogP contribution in [-0.2, 0) is 4.74 Å². The normalized spacial score (nSPS) is 20.6. The fourth-order valence-corrected chi connectivity index (χ4v) is 1.99. The minimum Gasteiger partial charge on any atom is -0.379 e. The predicted octanol–water partition coefficient (Wildman–Crippen LogP) is 2.72. The molecule has 0 aliphatic heterocycles. The van der Waals surface area contributed by atoms with Gasteiger partial charge in [-0.3, -0.25) is 0 Å². The minimum absolute atomic E-state index is 0.0195. The number of methoxy groups -OCH3 is 1. The molecule has 0 heterocycles. The van der Waals surface area contributed by atoms with Crippen molar-refractivity contribution >= 4 is 0 Å². The van der Waals surface area contributed by atoms with Crippen molar-refractivity contribution in [3.05, 3.63) is 0 Å². The fourth-order valence-electron chi connectivity index (χ4n) is 1.99. The van der Waals surface area contributed by atoms with E-state index in [-0.39, 0.29) is 5.60 Å². The summed E-state index contributed by atoms with van der Waals surface area (Å²) in [5, 5.41) is 3.69. The minimum atomic E-state index is 0.0195. The van der Waals surface area contributed by atoms with Gasteiger partial charge in [-0.2, -0.15) is 0 Å². The highest BCUT2D eigenvalue weighted by Crippen LogP contribution is 2.34. The standard InChI is InChI=1S/C12H25NO/c1-5-12(7-6-8-12)13-10-9-11(2,3)14-4/h13H,5-10H2,1-4H3. The molecule has 14 heavy (non-hydrogen) atoms. The molecule has 2 heteroatoms. The summed E-state index contributed by atoms with van der Waals surface area (Å²) in [7, 11) is 1.79. The Labute approximate surface area is 88.4 Å². The van der Waals surface area contributed by atoms with E-state index in [1.165, 1.54) is 25.7 Å². The highest BCUT2D eigenvalue weighted by Gasteiger charge is 2.34. The molecule has 0 aromatic heterocycles. The quantitative estimate of drug-likeness (QED) is 0.710. The molecule has 1 saturated carbocycles. The maximum Gasteiger partial charge on any atom is 0.0634 e. The smallest absolute Gasteiger partial charge is 0.0634 e. The molecule has 1 fully saturated rings. The third kappa shape index (κ3) is 2.96. The Morgan fingerprint density at radius 2 is 2.00 bits per heavy atom. The van der Waals surface area contributed by atoms with Crippen molar-refractivity contribution in [2.45, 2.75) is 64.0 Å². The van der Waals surface area contributed by atoms with Crippen molar-refractivity contribution in [1.82, 2.24) is 5.32 Å². The first-order chi connectivity index (χ1) is 6.54. The van der Waals surface area contributed by atoms with E-state index in [4.69, 9.17) is 4.74 Å². The van der Waals surface area contributed by atoms with Crippen molar-refractivity contribution in [2.24, 2.45) is 0 Å². The van der Waals surface area contributed by atoms with E-state index < -0.39 is 0 Å². The summed E-state index contributed by atoms with van der Waals surface area (Å²) in [6, 6.07) is 0. The van der Waals surface area contributed by atoms with Crippen LogP contribution in [0.4, 0.5) is 0 Å². The zero-order valence-electron chi connectivity index (χ0n) is 10.2. The SMILES string of the molecule is CCC1(NCCC(C)(C)OC)CCC1. The Morgan fingerprint density at radius 1 is 1.36 bits per heavy atom. The van der Waals surface area contributed by atoms with Crippen LogP contribution in [-0.4, -0.2) is 24.8 Å². The lowest BCUT2D eigenvalue weighted by atomic mass is 9.75. The van der Waals surface area contributed by atoms with Crippen LogP contribution in [0.3, 0.4) is 0 Å². The van der Waals surface area contributed by atoms with Crippen LogP contribution in [0.15, 0.2) is 0 Å². The average molecular weight is 199 g/mol. The summed E-state index contributed by atoms with van der Waals surface area (Å²) in [5.74, 6) is 0. The van der Waals surface area contributed by atoms with Gasteiger partial charge >= 0.3 is 0 Å². The summed E-state index contributed by atoms with van der Waals surface area (Å²) in [6.45, 7) is 7.66. The molecule has 0 atom stereocenters. The van der Waals surface area contributed by atoms with Crippen LogP contribution in [0.1, 0.15) is 52.9 Å². The second kappa shape index (κ2) is 4.63. The molecule has 0 aromatic carbocycles. The highest BCUT2D eigenvalue weighted by atomic mass is 16.5. The Kier molecular flexibility index (Phi) is 3.96. The molecular weight excluding hydrogens is 174 g/mol. The molecule has 1 aliphatic rings. The van der Waals surface area contributed by atoms with E-state index in [1.807, 2.05) is 0 Å². The Balaban J connectivity index is 2.20. The molecule has 2 nitrogen and oxygen atoms in total. The molecule has 1 rings (SSSR count). The summed E-state index contributed by atoms with van der Waals surface area (Å²) in [5.41, 5.74) is 0.496. The zero-order chi connectivity index (χ0) is 10.7. The Hall–Kier alpha value is -0.0800. The Bertz CT molecular complexity index is 168. The largest absolute Gasteiger partial charge is 0.379 e. The number of hydrogen-bond acceptors (Lipinski definition) is 2. The van der Waals surface area contributed by atoms with Gasteiger partial charge in [0.05, 0.1) is 5.60 Å². The van der Waals surface area contributed by atoms with E-state index in [0.29, 0.717) is 5.54 Å². The first-order valence-corrected chi connectivity index (χ1v) is 5.84. The third-order valence-electron chi connectivity index (χ3n) is 3.77. The van der Waals surface area contributed by atoms with Gasteiger partial charge in [0.25, 0.3) is 0 Å². The second-order valence-electron chi connectivity index (χ2n) is 5.13. The molecule has 0 radical (unpaired) electrons. The number of ether oxygens (including phenoxy) is 1. The second-order valence-corrected chi connectivity index (χ2v) is 5.13. The topological polar surface area (TPSA) is 21.3 Å². The van der Waals surface area contributed by atoms with Crippen molar-refractivity contribution < 1.29 is 4.74 Å². The summed E-state index contributed by atoms with van der Waals surface area (Å²) >= 11 is 0. The van der Waals surface area contributed by atoms with Gasteiger partial charge in [-0.05, 0) is 52.5 Å². The molecule has 0 spiro atoms. The fraction of sp³-hybridized carbons (Fsp3) is 1.00. The monoisotopic (exact) mass is 199 g/mol. The van der Waals surface area contributed by atoms with E-state index in [1.54, 1.807) is 7.11 Å². The molecular formula is C12H25NO. The van der Waals surface area contributed by atoms with Crippen LogP contribution in [0.2, 0.25) is 0 Å². The van der Waals surface area contributed by atoms with Crippen molar-refractivity contribution in [3.8, 4) is 0 Å². The molecule has 1 aliphatic carbocycles. The maximum absolute atomic E-state index is 5.40. The van der Waals surface area contributed by atoms with Gasteiger partial charge in [-0.25, -0.2) is 0 Å². The number of hydrogen-bond donors (Lipinski definition) is 1. The van der Waals surface area contributed by atoms with E-state index in [2.05, 4.69) is 26.1 Å². The van der Waals surface area contributed by atoms with Gasteiger partial charge in [-0.15, -0.1) is 0 Å². The molecule has 0 bridgehead atoms. The molecule has 0 unspecified atom stereocenters. The average Bonchev–Trinajstić information content (AvgIpc) is 2.10. The maximum atomic E-state index is 5.40. The van der Waals surface area contributed by atoms with Crippen molar-refractivity contribution in [2.75, 3.05) is 13.7 Å². The van der Waals surface area contributed by atoms with E-state index >= 15 is 0 Å². The van der Waals surface area contributed by atoms with Gasteiger partial charge in [0, 0.05) is 12.6 Å². The van der Waals surface area contributed by atoms with E-state index in [0.717, 1.165) is 13.0 Å². The van der Waals surface area contributed by atoms with Gasteiger partial charge in [0.1, 0.15) is 0 Å². The molecule has 1 N–H and O–H groups in total. The summed E-state index contributed by atoms with van der Waals surface area (Å²) in [6.07, 6.45) is 6.47. The van der Waals surface area contributed by atoms with E-state index in [9.17, 15) is 0 Å². The molecule has 0 aromatic rings. The predicted molar refractivity (Wildman–Crippen MR) is 60.6 cm³/mol. The van der Waals surface area contributed by atoms with Crippen LogP contribution in [0, 0.1) is 0 Å². The molecule has 84 valence electrons. The number of nitrogens with one attached hydrogen (secondary N) is 1. The van der Waals surface area contributed by atoms with Crippen LogP contribution < -0.4 is 5.32 Å². The van der Waals surface area contributed by atoms with Crippen LogP contribution >= 0.6 is 0 Å². The Morgan fingerprint density at radius 3 is 2.36 bits per heavy atom. The lowest BCUT2D eigenvalue weighted by Crippen LogP contribution is -2.51. The van der Waals surface area contributed by atoms with Gasteiger partial charge < -0.3 is 10.1 Å².